The van der Waals surface area contributed by atoms with Gasteiger partial charge in [0.2, 0.25) is 0 Å². The van der Waals surface area contributed by atoms with E-state index in [-0.39, 0.29) is 0 Å². The first-order valence-electron chi connectivity index (χ1n) is 5.32. The number of anilines is 1. The second-order valence-corrected chi connectivity index (χ2v) is 5.81. The average molecular weight is 267 g/mol. The molecule has 17 heavy (non-hydrogen) atoms. The zero-order chi connectivity index (χ0) is 12.1. The van der Waals surface area contributed by atoms with Gasteiger partial charge in [0.05, 0.1) is 12.4 Å². The fourth-order valence-electron chi connectivity index (χ4n) is 1.14. The summed E-state index contributed by atoms with van der Waals surface area (Å²) in [6.45, 7) is 4.95. The molecule has 0 aliphatic rings. The van der Waals surface area contributed by atoms with Gasteiger partial charge in [-0.1, -0.05) is 18.3 Å². The lowest BCUT2D eigenvalue weighted by molar-refractivity contribution is 0.945. The van der Waals surface area contributed by atoms with Crippen LogP contribution in [0.3, 0.4) is 0 Å². The van der Waals surface area contributed by atoms with Crippen LogP contribution in [0, 0.1) is 6.92 Å². The van der Waals surface area contributed by atoms with E-state index in [1.54, 1.807) is 23.7 Å². The van der Waals surface area contributed by atoms with Crippen molar-refractivity contribution < 1.29 is 0 Å². The van der Waals surface area contributed by atoms with Crippen molar-refractivity contribution in [1.82, 2.24) is 20.2 Å². The molecule has 0 aromatic carbocycles. The van der Waals surface area contributed by atoms with E-state index in [9.17, 15) is 0 Å². The average Bonchev–Trinajstić information content (AvgIpc) is 2.73. The highest BCUT2D eigenvalue weighted by Crippen LogP contribution is 2.28. The van der Waals surface area contributed by atoms with Gasteiger partial charge >= 0.3 is 0 Å². The van der Waals surface area contributed by atoms with Gasteiger partial charge in [-0.05, 0) is 25.1 Å². The maximum Gasteiger partial charge on any atom is 0.180 e. The second kappa shape index (κ2) is 5.92. The minimum atomic E-state index is 0.804. The molecule has 2 aromatic rings. The fraction of sp³-hybridized carbons (Fsp3) is 0.400. The van der Waals surface area contributed by atoms with Crippen LogP contribution in [-0.2, 0) is 0 Å². The number of nitrogens with zero attached hydrogens (tertiary/aromatic N) is 4. The van der Waals surface area contributed by atoms with Crippen molar-refractivity contribution in [3.63, 3.8) is 0 Å². The lowest BCUT2D eigenvalue weighted by Gasteiger charge is -2.03. The quantitative estimate of drug-likeness (QED) is 0.898. The predicted molar refractivity (Wildman–Crippen MR) is 69.6 cm³/mol. The first-order chi connectivity index (χ1) is 8.28. The van der Waals surface area contributed by atoms with Crippen LogP contribution >= 0.6 is 23.1 Å². The normalized spacial score (nSPS) is 10.5. The Kier molecular flexibility index (Phi) is 4.27. The Bertz CT molecular complexity index is 485. The molecule has 1 N–H and O–H groups in total. The highest BCUT2D eigenvalue weighted by Gasteiger charge is 2.05. The lowest BCUT2D eigenvalue weighted by Crippen LogP contribution is -2.02. The monoisotopic (exact) mass is 267 g/mol. The van der Waals surface area contributed by atoms with Crippen LogP contribution in [0.4, 0.5) is 5.82 Å². The van der Waals surface area contributed by atoms with Crippen molar-refractivity contribution >= 4 is 28.9 Å². The molecular weight excluding hydrogens is 254 g/mol. The molecule has 0 saturated carbocycles. The van der Waals surface area contributed by atoms with Crippen LogP contribution in [0.1, 0.15) is 18.4 Å². The first-order valence-corrected chi connectivity index (χ1v) is 6.95. The number of hydrogen-bond acceptors (Lipinski definition) is 7. The number of aryl methyl sites for hydroxylation is 1. The summed E-state index contributed by atoms with van der Waals surface area (Å²) < 4.78 is 0.893. The molecule has 5 nitrogen and oxygen atoms in total. The molecule has 0 aliphatic heterocycles. The highest BCUT2D eigenvalue weighted by molar-refractivity contribution is 8.01. The summed E-state index contributed by atoms with van der Waals surface area (Å²) >= 11 is 3.05. The Hall–Kier alpha value is -1.21. The topological polar surface area (TPSA) is 63.6 Å². The molecule has 7 heteroatoms. The van der Waals surface area contributed by atoms with E-state index in [0.717, 1.165) is 33.2 Å². The van der Waals surface area contributed by atoms with E-state index in [4.69, 9.17) is 0 Å². The summed E-state index contributed by atoms with van der Waals surface area (Å²) in [5, 5.41) is 13.0. The molecule has 2 heterocycles. The SMILES string of the molecule is CCCNc1cncc(Sc2nnc(C)s2)n1. The van der Waals surface area contributed by atoms with E-state index in [2.05, 4.69) is 32.4 Å². The third-order valence-corrected chi connectivity index (χ3v) is 3.66. The fourth-order valence-corrected chi connectivity index (χ4v) is 2.86. The molecule has 0 fully saturated rings. The predicted octanol–water partition coefficient (Wildman–Crippen LogP) is 2.61. The summed E-state index contributed by atoms with van der Waals surface area (Å²) in [7, 11) is 0. The first kappa shape index (κ1) is 12.3. The molecule has 2 aromatic heterocycles. The molecule has 0 saturated heterocycles. The van der Waals surface area contributed by atoms with Gasteiger partial charge in [-0.15, -0.1) is 10.2 Å². The van der Waals surface area contributed by atoms with Gasteiger partial charge in [0, 0.05) is 6.54 Å². The zero-order valence-electron chi connectivity index (χ0n) is 9.67. The van der Waals surface area contributed by atoms with Crippen molar-refractivity contribution in [1.29, 1.82) is 0 Å². The van der Waals surface area contributed by atoms with Gasteiger partial charge in [-0.25, -0.2) is 4.98 Å². The van der Waals surface area contributed by atoms with Crippen LogP contribution in [0.5, 0.6) is 0 Å². The highest BCUT2D eigenvalue weighted by atomic mass is 32.2. The number of rotatable bonds is 5. The van der Waals surface area contributed by atoms with Crippen molar-refractivity contribution in [2.24, 2.45) is 0 Å². The molecular formula is C10H13N5S2. The van der Waals surface area contributed by atoms with Crippen LogP contribution in [-0.4, -0.2) is 26.7 Å². The molecule has 0 radical (unpaired) electrons. The Labute approximate surface area is 108 Å². The Balaban J connectivity index is 2.05. The molecule has 0 atom stereocenters. The minimum Gasteiger partial charge on any atom is -0.369 e. The van der Waals surface area contributed by atoms with Crippen molar-refractivity contribution in [2.75, 3.05) is 11.9 Å². The third-order valence-electron chi connectivity index (χ3n) is 1.87. The Morgan fingerprint density at radius 3 is 2.94 bits per heavy atom. The molecule has 0 spiro atoms. The maximum absolute atomic E-state index is 4.44. The maximum atomic E-state index is 4.44. The molecule has 0 amide bonds. The summed E-state index contributed by atoms with van der Waals surface area (Å²) in [6, 6.07) is 0. The number of nitrogens with one attached hydrogen (secondary N) is 1. The number of hydrogen-bond donors (Lipinski definition) is 1. The van der Waals surface area contributed by atoms with Crippen molar-refractivity contribution in [3.05, 3.63) is 17.4 Å². The summed E-state index contributed by atoms with van der Waals surface area (Å²) in [4.78, 5) is 8.59. The van der Waals surface area contributed by atoms with E-state index < -0.39 is 0 Å². The van der Waals surface area contributed by atoms with Gasteiger partial charge in [0.15, 0.2) is 4.34 Å². The lowest BCUT2D eigenvalue weighted by atomic mass is 10.5. The minimum absolute atomic E-state index is 0.804. The second-order valence-electron chi connectivity index (χ2n) is 3.36. The molecule has 90 valence electrons. The molecule has 2 rings (SSSR count). The van der Waals surface area contributed by atoms with Gasteiger partial charge in [0.1, 0.15) is 15.9 Å². The number of aromatic nitrogens is 4. The third kappa shape index (κ3) is 3.64. The van der Waals surface area contributed by atoms with Crippen LogP contribution < -0.4 is 5.32 Å². The Morgan fingerprint density at radius 2 is 2.24 bits per heavy atom. The van der Waals surface area contributed by atoms with E-state index in [1.807, 2.05) is 6.92 Å². The smallest absolute Gasteiger partial charge is 0.180 e. The summed E-state index contributed by atoms with van der Waals surface area (Å²) in [6.07, 6.45) is 4.53. The van der Waals surface area contributed by atoms with E-state index >= 15 is 0 Å². The van der Waals surface area contributed by atoms with Crippen LogP contribution in [0.2, 0.25) is 0 Å². The summed E-state index contributed by atoms with van der Waals surface area (Å²) in [5.41, 5.74) is 0. The van der Waals surface area contributed by atoms with Gasteiger partial charge in [-0.2, -0.15) is 0 Å². The molecule has 0 unspecified atom stereocenters. The summed E-state index contributed by atoms with van der Waals surface area (Å²) in [5.74, 6) is 0.804. The van der Waals surface area contributed by atoms with Crippen LogP contribution in [0.25, 0.3) is 0 Å². The Morgan fingerprint density at radius 1 is 1.35 bits per heavy atom. The van der Waals surface area contributed by atoms with Crippen molar-refractivity contribution in [3.8, 4) is 0 Å². The van der Waals surface area contributed by atoms with Gasteiger partial charge in [0.25, 0.3) is 0 Å². The molecule has 0 bridgehead atoms. The zero-order valence-corrected chi connectivity index (χ0v) is 11.3. The molecule has 0 aliphatic carbocycles. The van der Waals surface area contributed by atoms with Gasteiger partial charge in [-0.3, -0.25) is 4.98 Å². The van der Waals surface area contributed by atoms with Crippen LogP contribution in [0.15, 0.2) is 21.8 Å². The standard InChI is InChI=1S/C10H13N5S2/c1-3-4-12-8-5-11-6-9(13-8)17-10-15-14-7(2)16-10/h5-6H,3-4H2,1-2H3,(H,12,13). The van der Waals surface area contributed by atoms with E-state index in [0.29, 0.717) is 0 Å². The van der Waals surface area contributed by atoms with Gasteiger partial charge < -0.3 is 5.32 Å². The largest absolute Gasteiger partial charge is 0.369 e. The van der Waals surface area contributed by atoms with Crippen molar-refractivity contribution in [2.45, 2.75) is 29.6 Å². The van der Waals surface area contributed by atoms with E-state index in [1.165, 1.54) is 11.8 Å².